The minimum atomic E-state index is -0.545. The lowest BCUT2D eigenvalue weighted by molar-refractivity contribution is -0.788. The molecule has 0 aromatic heterocycles. The van der Waals surface area contributed by atoms with E-state index in [-0.39, 0.29) is 11.8 Å². The molecule has 3 aromatic rings. The molecule has 2 heterocycles. The average Bonchev–Trinajstić information content (AvgIpc) is 3.59. The number of rotatable bonds is 4. The molecule has 2 aliphatic heterocycles. The number of urea groups is 2. The Morgan fingerprint density at radius 1 is 0.700 bits per heavy atom. The number of imide groups is 2. The first-order chi connectivity index (χ1) is 19.2. The number of quaternary nitrogens is 2. The SMILES string of the molecule is CC(=O)[N+]1(C(=O)NN)CCNC1Cc1c2ccccc2c(CC2NCC[N+]2(C(C)=O)C(=O)NN)c2ccccc12. The van der Waals surface area contributed by atoms with Gasteiger partial charge in [0.15, 0.2) is 12.3 Å². The predicted molar refractivity (Wildman–Crippen MR) is 149 cm³/mol. The van der Waals surface area contributed by atoms with Crippen LogP contribution in [0.4, 0.5) is 9.59 Å². The molecule has 0 aliphatic carbocycles. The van der Waals surface area contributed by atoms with E-state index in [4.69, 9.17) is 11.7 Å². The van der Waals surface area contributed by atoms with Gasteiger partial charge in [-0.15, -0.1) is 0 Å². The molecule has 12 heteroatoms. The summed E-state index contributed by atoms with van der Waals surface area (Å²) in [5, 5.41) is 10.6. The van der Waals surface area contributed by atoms with Crippen LogP contribution >= 0.6 is 0 Å². The van der Waals surface area contributed by atoms with E-state index in [0.29, 0.717) is 39.0 Å². The summed E-state index contributed by atoms with van der Waals surface area (Å²) in [6.45, 7) is 4.43. The second-order valence-electron chi connectivity index (χ2n) is 10.5. The Bertz CT molecular complexity index is 1360. The number of hydrazine groups is 2. The summed E-state index contributed by atoms with van der Waals surface area (Å²) < 4.78 is -0.862. The zero-order valence-corrected chi connectivity index (χ0v) is 22.7. The maximum atomic E-state index is 12.9. The summed E-state index contributed by atoms with van der Waals surface area (Å²) in [5.74, 6) is 10.5. The molecule has 6 amide bonds. The lowest BCUT2D eigenvalue weighted by Crippen LogP contribution is -2.66. The Morgan fingerprint density at radius 2 is 1.02 bits per heavy atom. The van der Waals surface area contributed by atoms with Crippen molar-refractivity contribution in [3.63, 3.8) is 0 Å². The summed E-state index contributed by atoms with van der Waals surface area (Å²) >= 11 is 0. The average molecular weight is 549 g/mol. The Labute approximate surface area is 231 Å². The third-order valence-electron chi connectivity index (χ3n) is 8.80. The van der Waals surface area contributed by atoms with Crippen LogP contribution in [0.1, 0.15) is 25.0 Å². The molecule has 0 saturated carbocycles. The predicted octanol–water partition coefficient (Wildman–Crippen LogP) is 0.830. The Balaban J connectivity index is 1.67. The highest BCUT2D eigenvalue weighted by Gasteiger charge is 2.54. The molecule has 12 nitrogen and oxygen atoms in total. The van der Waals surface area contributed by atoms with Gasteiger partial charge in [-0.05, 0) is 32.7 Å². The van der Waals surface area contributed by atoms with Crippen molar-refractivity contribution in [2.24, 2.45) is 11.7 Å². The third-order valence-corrected chi connectivity index (χ3v) is 8.80. The van der Waals surface area contributed by atoms with Crippen LogP contribution in [0.5, 0.6) is 0 Å². The van der Waals surface area contributed by atoms with E-state index < -0.39 is 33.4 Å². The van der Waals surface area contributed by atoms with E-state index in [2.05, 4.69) is 21.5 Å². The molecular weight excluding hydrogens is 512 g/mol. The summed E-state index contributed by atoms with van der Waals surface area (Å²) in [6.07, 6.45) is -0.214. The van der Waals surface area contributed by atoms with E-state index in [0.717, 1.165) is 32.7 Å². The van der Waals surface area contributed by atoms with Gasteiger partial charge in [-0.3, -0.25) is 10.6 Å². The standard InChI is InChI=1S/C28H34N8O4/c1-17(37)35(27(39)33-29)13-11-31-25(35)15-23-19-7-3-5-9-21(19)24(22-10-6-4-8-20(22)23)16-26-32-12-14-36(26,18(2)38)28(40)34-30/h3-10,25-26,31-32H,11-16,29-30H2,1-2H3/p+2. The first kappa shape index (κ1) is 27.8. The van der Waals surface area contributed by atoms with Gasteiger partial charge >= 0.3 is 23.9 Å². The zero-order valence-electron chi connectivity index (χ0n) is 22.7. The van der Waals surface area contributed by atoms with E-state index >= 15 is 0 Å². The first-order valence-corrected chi connectivity index (χ1v) is 13.4. The lowest BCUT2D eigenvalue weighted by atomic mass is 9.87. The van der Waals surface area contributed by atoms with Gasteiger partial charge in [-0.25, -0.2) is 41.7 Å². The number of carbonyl (C=O) groups excluding carboxylic acids is 4. The fourth-order valence-electron chi connectivity index (χ4n) is 6.79. The van der Waals surface area contributed by atoms with Gasteiger partial charge in [0, 0.05) is 12.8 Å². The molecule has 2 fully saturated rings. The molecule has 40 heavy (non-hydrogen) atoms. The van der Waals surface area contributed by atoms with Crippen molar-refractivity contribution < 1.29 is 28.1 Å². The van der Waals surface area contributed by atoms with Crippen LogP contribution in [0.3, 0.4) is 0 Å². The Morgan fingerprint density at radius 3 is 1.30 bits per heavy atom. The molecule has 210 valence electrons. The quantitative estimate of drug-likeness (QED) is 0.0916. The van der Waals surface area contributed by atoms with Crippen molar-refractivity contribution in [3.8, 4) is 0 Å². The fraction of sp³-hybridized carbons (Fsp3) is 0.357. The van der Waals surface area contributed by atoms with Crippen LogP contribution in [-0.2, 0) is 22.4 Å². The summed E-state index contributed by atoms with van der Waals surface area (Å²) in [6, 6.07) is 14.9. The number of fused-ring (bicyclic) bond motifs is 2. The van der Waals surface area contributed by atoms with Gasteiger partial charge in [-0.2, -0.15) is 8.97 Å². The number of benzene rings is 3. The van der Waals surface area contributed by atoms with E-state index in [9.17, 15) is 19.2 Å². The topological polar surface area (TPSA) is 168 Å². The first-order valence-electron chi connectivity index (χ1n) is 13.4. The van der Waals surface area contributed by atoms with Crippen LogP contribution in [-0.4, -0.2) is 71.4 Å². The van der Waals surface area contributed by atoms with Crippen molar-refractivity contribution in [2.45, 2.75) is 39.0 Å². The second kappa shape index (κ2) is 10.7. The van der Waals surface area contributed by atoms with E-state index in [1.165, 1.54) is 13.8 Å². The number of amides is 6. The second-order valence-corrected chi connectivity index (χ2v) is 10.5. The van der Waals surface area contributed by atoms with Crippen LogP contribution in [0, 0.1) is 0 Å². The van der Waals surface area contributed by atoms with Crippen LogP contribution in [0.15, 0.2) is 48.5 Å². The van der Waals surface area contributed by atoms with Gasteiger partial charge in [0.05, 0.1) is 26.9 Å². The normalized spacial score (nSPS) is 26.2. The monoisotopic (exact) mass is 548 g/mol. The van der Waals surface area contributed by atoms with Crippen LogP contribution in [0.25, 0.3) is 21.5 Å². The third kappa shape index (κ3) is 4.08. The van der Waals surface area contributed by atoms with E-state index in [1.54, 1.807) is 0 Å². The summed E-state index contributed by atoms with van der Waals surface area (Å²) in [7, 11) is 0. The maximum Gasteiger partial charge on any atom is 0.439 e. The van der Waals surface area contributed by atoms with Crippen LogP contribution in [0.2, 0.25) is 0 Å². The Hall–Kier alpha value is -3.78. The van der Waals surface area contributed by atoms with Crippen molar-refractivity contribution in [2.75, 3.05) is 26.2 Å². The molecule has 3 aromatic carbocycles. The van der Waals surface area contributed by atoms with Crippen LogP contribution < -0.4 is 33.2 Å². The molecule has 4 unspecified atom stereocenters. The largest absolute Gasteiger partial charge is 0.439 e. The van der Waals surface area contributed by atoms with Gasteiger partial charge in [-0.1, -0.05) is 48.5 Å². The van der Waals surface area contributed by atoms with Gasteiger partial charge in [0.2, 0.25) is 0 Å². The lowest BCUT2D eigenvalue weighted by Gasteiger charge is -2.33. The van der Waals surface area contributed by atoms with Crippen molar-refractivity contribution in [1.82, 2.24) is 21.5 Å². The van der Waals surface area contributed by atoms with Gasteiger partial charge in [0.25, 0.3) is 0 Å². The minimum absolute atomic E-state index is 0.285. The number of nitrogens with zero attached hydrogens (tertiary/aromatic N) is 2. The number of carbonyl (C=O) groups is 4. The fourth-order valence-corrected chi connectivity index (χ4v) is 6.79. The van der Waals surface area contributed by atoms with Gasteiger partial charge in [0.1, 0.15) is 13.1 Å². The van der Waals surface area contributed by atoms with E-state index in [1.807, 2.05) is 48.5 Å². The number of nitrogens with two attached hydrogens (primary N) is 2. The number of hydrogen-bond donors (Lipinski definition) is 6. The zero-order chi connectivity index (χ0) is 28.7. The summed E-state index contributed by atoms with van der Waals surface area (Å²) in [5.41, 5.74) is 6.38. The molecule has 4 atom stereocenters. The molecule has 0 spiro atoms. The molecule has 0 bridgehead atoms. The van der Waals surface area contributed by atoms with Crippen molar-refractivity contribution in [1.29, 1.82) is 0 Å². The molecule has 8 N–H and O–H groups in total. The summed E-state index contributed by atoms with van der Waals surface area (Å²) in [4.78, 5) is 51.6. The molecule has 0 radical (unpaired) electrons. The highest BCUT2D eigenvalue weighted by molar-refractivity contribution is 6.06. The molecular formula is C28H36N8O4+2. The molecule has 2 saturated heterocycles. The van der Waals surface area contributed by atoms with Crippen molar-refractivity contribution in [3.05, 3.63) is 59.7 Å². The Kier molecular flexibility index (Phi) is 7.40. The highest BCUT2D eigenvalue weighted by atomic mass is 16.2. The highest BCUT2D eigenvalue weighted by Crippen LogP contribution is 2.37. The van der Waals surface area contributed by atoms with Gasteiger partial charge < -0.3 is 0 Å². The van der Waals surface area contributed by atoms with Crippen molar-refractivity contribution >= 4 is 45.4 Å². The number of nitrogens with one attached hydrogen (secondary N) is 4. The number of hydrogen-bond acceptors (Lipinski definition) is 8. The maximum absolute atomic E-state index is 12.9. The smallest absolute Gasteiger partial charge is 0.261 e. The minimum Gasteiger partial charge on any atom is -0.261 e. The molecule has 5 rings (SSSR count). The molecule has 2 aliphatic rings.